The number of nitrogens with two attached hydrogens (primary N) is 1. The minimum atomic E-state index is -3.03. The summed E-state index contributed by atoms with van der Waals surface area (Å²) in [6.07, 6.45) is 3.10. The molecule has 0 atom stereocenters. The van der Waals surface area contributed by atoms with Crippen LogP contribution in [0.5, 0.6) is 0 Å². The van der Waals surface area contributed by atoms with Gasteiger partial charge < -0.3 is 5.73 Å². The molecule has 1 aromatic heterocycles. The summed E-state index contributed by atoms with van der Waals surface area (Å²) >= 11 is 0. The molecule has 0 bridgehead atoms. The normalized spacial score (nSPS) is 16.6. The van der Waals surface area contributed by atoms with Crippen LogP contribution in [0.15, 0.2) is 12.3 Å². The Bertz CT molecular complexity index is 454. The molecule has 2 rings (SSSR count). The second kappa shape index (κ2) is 3.86. The Morgan fingerprint density at radius 2 is 2.20 bits per heavy atom. The number of hydrogen-bond acceptors (Lipinski definition) is 5. The molecule has 1 saturated carbocycles. The van der Waals surface area contributed by atoms with Gasteiger partial charge in [0.1, 0.15) is 11.6 Å². The van der Waals surface area contributed by atoms with Crippen LogP contribution in [0.3, 0.4) is 0 Å². The zero-order valence-electron chi connectivity index (χ0n) is 8.26. The Kier molecular flexibility index (Phi) is 2.70. The fourth-order valence-corrected chi connectivity index (χ4v) is 2.94. The third-order valence-electron chi connectivity index (χ3n) is 2.33. The summed E-state index contributed by atoms with van der Waals surface area (Å²) in [5.41, 5.74) is 6.09. The molecule has 0 aromatic carbocycles. The lowest BCUT2D eigenvalue weighted by molar-refractivity contribution is 0.592. The molecule has 1 aromatic rings. The molecule has 0 radical (unpaired) electrons. The van der Waals surface area contributed by atoms with Crippen LogP contribution in [0.2, 0.25) is 0 Å². The van der Waals surface area contributed by atoms with Crippen LogP contribution >= 0.6 is 0 Å². The summed E-state index contributed by atoms with van der Waals surface area (Å²) in [5, 5.41) is -0.164. The Balaban J connectivity index is 2.16. The highest BCUT2D eigenvalue weighted by Gasteiger charge is 2.36. The number of nitrogens with zero attached hydrogens (tertiary/aromatic N) is 2. The molecule has 6 heteroatoms. The van der Waals surface area contributed by atoms with Crippen LogP contribution in [0.25, 0.3) is 0 Å². The Morgan fingerprint density at radius 3 is 2.80 bits per heavy atom. The molecular formula is C9H13N3O2S. The van der Waals surface area contributed by atoms with Crippen molar-refractivity contribution in [3.05, 3.63) is 23.8 Å². The van der Waals surface area contributed by atoms with Crippen LogP contribution in [0.4, 0.5) is 0 Å². The molecule has 0 saturated heterocycles. The van der Waals surface area contributed by atoms with Gasteiger partial charge in [0.2, 0.25) is 0 Å². The molecule has 2 N–H and O–H groups in total. The maximum Gasteiger partial charge on any atom is 0.160 e. The Hall–Kier alpha value is -1.01. The van der Waals surface area contributed by atoms with Gasteiger partial charge in [-0.05, 0) is 18.9 Å². The molecule has 15 heavy (non-hydrogen) atoms. The molecule has 82 valence electrons. The van der Waals surface area contributed by atoms with Crippen LogP contribution in [-0.2, 0) is 22.1 Å². The van der Waals surface area contributed by atoms with Crippen LogP contribution < -0.4 is 5.73 Å². The molecule has 1 aliphatic rings. The second-order valence-electron chi connectivity index (χ2n) is 3.67. The van der Waals surface area contributed by atoms with E-state index in [-0.39, 0.29) is 11.0 Å². The molecular weight excluding hydrogens is 214 g/mol. The van der Waals surface area contributed by atoms with E-state index in [1.807, 2.05) is 0 Å². The Labute approximate surface area is 88.7 Å². The molecule has 1 fully saturated rings. The van der Waals surface area contributed by atoms with Gasteiger partial charge in [-0.25, -0.2) is 18.4 Å². The highest BCUT2D eigenvalue weighted by Crippen LogP contribution is 2.30. The van der Waals surface area contributed by atoms with Gasteiger partial charge in [0.05, 0.1) is 10.9 Å². The number of hydrogen-bond donors (Lipinski definition) is 1. The summed E-state index contributed by atoms with van der Waals surface area (Å²) in [7, 11) is -3.03. The standard InChI is InChI=1S/C9H13N3O2S/c10-5-7-3-4-11-9(12-7)6-15(13,14)8-1-2-8/h3-4,8H,1-2,5-6,10H2. The number of aromatic nitrogens is 2. The van der Waals surface area contributed by atoms with Crippen molar-refractivity contribution < 1.29 is 8.42 Å². The van der Waals surface area contributed by atoms with Gasteiger partial charge >= 0.3 is 0 Å². The quantitative estimate of drug-likeness (QED) is 0.783. The van der Waals surface area contributed by atoms with E-state index in [0.29, 0.717) is 18.1 Å². The Morgan fingerprint density at radius 1 is 1.47 bits per heavy atom. The van der Waals surface area contributed by atoms with Crippen molar-refractivity contribution in [3.63, 3.8) is 0 Å². The van der Waals surface area contributed by atoms with Crippen molar-refractivity contribution >= 4 is 9.84 Å². The van der Waals surface area contributed by atoms with E-state index >= 15 is 0 Å². The van der Waals surface area contributed by atoms with E-state index in [0.717, 1.165) is 12.8 Å². The van der Waals surface area contributed by atoms with E-state index in [2.05, 4.69) is 9.97 Å². The van der Waals surface area contributed by atoms with Crippen molar-refractivity contribution in [1.29, 1.82) is 0 Å². The molecule has 1 aliphatic carbocycles. The highest BCUT2D eigenvalue weighted by atomic mass is 32.2. The third kappa shape index (κ3) is 2.51. The van der Waals surface area contributed by atoms with Gasteiger partial charge in [0, 0.05) is 12.7 Å². The predicted molar refractivity (Wildman–Crippen MR) is 55.6 cm³/mol. The van der Waals surface area contributed by atoms with Crippen LogP contribution in [-0.4, -0.2) is 23.6 Å². The van der Waals surface area contributed by atoms with E-state index < -0.39 is 9.84 Å². The zero-order valence-corrected chi connectivity index (χ0v) is 9.07. The lowest BCUT2D eigenvalue weighted by Crippen LogP contribution is -2.13. The minimum absolute atomic E-state index is 0.0640. The summed E-state index contributed by atoms with van der Waals surface area (Å²) in [4.78, 5) is 8.01. The first-order valence-electron chi connectivity index (χ1n) is 4.84. The topological polar surface area (TPSA) is 85.9 Å². The smallest absolute Gasteiger partial charge is 0.160 e. The monoisotopic (exact) mass is 227 g/mol. The summed E-state index contributed by atoms with van der Waals surface area (Å²) < 4.78 is 23.3. The average Bonchev–Trinajstić information content (AvgIpc) is 3.00. The number of rotatable bonds is 4. The first kappa shape index (κ1) is 10.5. The average molecular weight is 227 g/mol. The first-order chi connectivity index (χ1) is 7.12. The minimum Gasteiger partial charge on any atom is -0.325 e. The van der Waals surface area contributed by atoms with Crippen molar-refractivity contribution in [2.24, 2.45) is 5.73 Å². The lowest BCUT2D eigenvalue weighted by atomic mass is 10.4. The van der Waals surface area contributed by atoms with Crippen LogP contribution in [0, 0.1) is 0 Å². The van der Waals surface area contributed by atoms with Crippen molar-refractivity contribution in [2.45, 2.75) is 30.4 Å². The third-order valence-corrected chi connectivity index (χ3v) is 4.48. The summed E-state index contributed by atoms with van der Waals surface area (Å²) in [5.74, 6) is 0.288. The van der Waals surface area contributed by atoms with Gasteiger partial charge in [-0.2, -0.15) is 0 Å². The van der Waals surface area contributed by atoms with Crippen molar-refractivity contribution in [3.8, 4) is 0 Å². The second-order valence-corrected chi connectivity index (χ2v) is 5.96. The van der Waals surface area contributed by atoms with E-state index in [4.69, 9.17) is 5.73 Å². The van der Waals surface area contributed by atoms with Crippen molar-refractivity contribution in [2.75, 3.05) is 0 Å². The molecule has 0 amide bonds. The van der Waals surface area contributed by atoms with Gasteiger partial charge in [0.15, 0.2) is 9.84 Å². The maximum absolute atomic E-state index is 11.7. The van der Waals surface area contributed by atoms with Gasteiger partial charge in [-0.3, -0.25) is 0 Å². The largest absolute Gasteiger partial charge is 0.325 e. The summed E-state index contributed by atoms with van der Waals surface area (Å²) in [6.45, 7) is 0.305. The molecule has 5 nitrogen and oxygen atoms in total. The van der Waals surface area contributed by atoms with Gasteiger partial charge in [-0.1, -0.05) is 0 Å². The molecule has 0 spiro atoms. The van der Waals surface area contributed by atoms with Crippen LogP contribution in [0.1, 0.15) is 24.4 Å². The van der Waals surface area contributed by atoms with Gasteiger partial charge in [-0.15, -0.1) is 0 Å². The zero-order chi connectivity index (χ0) is 10.9. The predicted octanol–water partition coefficient (Wildman–Crippen LogP) is 0.0125. The lowest BCUT2D eigenvalue weighted by Gasteiger charge is -2.02. The van der Waals surface area contributed by atoms with E-state index in [9.17, 15) is 8.42 Å². The fourth-order valence-electron chi connectivity index (χ4n) is 1.35. The molecule has 0 unspecified atom stereocenters. The van der Waals surface area contributed by atoms with Gasteiger partial charge in [0.25, 0.3) is 0 Å². The highest BCUT2D eigenvalue weighted by molar-refractivity contribution is 7.91. The van der Waals surface area contributed by atoms with Crippen molar-refractivity contribution in [1.82, 2.24) is 9.97 Å². The number of sulfone groups is 1. The molecule has 0 aliphatic heterocycles. The SMILES string of the molecule is NCc1ccnc(CS(=O)(=O)C2CC2)n1. The van der Waals surface area contributed by atoms with E-state index in [1.54, 1.807) is 12.3 Å². The summed E-state index contributed by atoms with van der Waals surface area (Å²) in [6, 6.07) is 1.69. The van der Waals surface area contributed by atoms with E-state index in [1.165, 1.54) is 0 Å². The maximum atomic E-state index is 11.7. The fraction of sp³-hybridized carbons (Fsp3) is 0.556. The first-order valence-corrected chi connectivity index (χ1v) is 6.56. The molecule has 1 heterocycles.